The molecule has 1 aromatic heterocycles. The van der Waals surface area contributed by atoms with Crippen LogP contribution in [0.25, 0.3) is 0 Å². The van der Waals surface area contributed by atoms with E-state index in [4.69, 9.17) is 21.1 Å². The van der Waals surface area contributed by atoms with E-state index in [-0.39, 0.29) is 36.1 Å². The smallest absolute Gasteiger partial charge is 0.337 e. The summed E-state index contributed by atoms with van der Waals surface area (Å²) < 4.78 is 11.7. The highest BCUT2D eigenvalue weighted by Gasteiger charge is 2.16. The number of anilines is 1. The number of halogens is 1. The van der Waals surface area contributed by atoms with Crippen LogP contribution in [-0.2, 0) is 33.8 Å². The van der Waals surface area contributed by atoms with Crippen molar-refractivity contribution in [1.29, 1.82) is 0 Å². The van der Waals surface area contributed by atoms with Gasteiger partial charge in [-0.2, -0.15) is 0 Å². The van der Waals surface area contributed by atoms with Gasteiger partial charge in [0.05, 0.1) is 49.2 Å². The van der Waals surface area contributed by atoms with Crippen molar-refractivity contribution in [3.8, 4) is 5.75 Å². The van der Waals surface area contributed by atoms with Crippen molar-refractivity contribution in [2.75, 3.05) is 25.3 Å². The fourth-order valence-corrected chi connectivity index (χ4v) is 4.21. The van der Waals surface area contributed by atoms with E-state index in [1.165, 1.54) is 37.1 Å². The maximum absolute atomic E-state index is 12.5. The minimum absolute atomic E-state index is 0.0424. The lowest BCUT2D eigenvalue weighted by Gasteiger charge is -2.10. The molecule has 0 saturated carbocycles. The number of nitrogens with one attached hydrogen (secondary N) is 2. The molecular weight excluding hydrogens is 506 g/mol. The predicted octanol–water partition coefficient (Wildman–Crippen LogP) is 3.34. The van der Waals surface area contributed by atoms with Gasteiger partial charge >= 0.3 is 5.97 Å². The van der Waals surface area contributed by atoms with Gasteiger partial charge in [0.15, 0.2) is 11.0 Å². The van der Waals surface area contributed by atoms with Gasteiger partial charge in [-0.25, -0.2) is 4.79 Å². The van der Waals surface area contributed by atoms with Gasteiger partial charge in [-0.1, -0.05) is 35.5 Å². The lowest BCUT2D eigenvalue weighted by Crippen LogP contribution is -2.26. The highest BCUT2D eigenvalue weighted by molar-refractivity contribution is 7.99. The Morgan fingerprint density at radius 3 is 2.47 bits per heavy atom. The van der Waals surface area contributed by atoms with Crippen LogP contribution in [0.4, 0.5) is 5.69 Å². The molecule has 190 valence electrons. The fraction of sp³-hybridized carbons (Fsp3) is 0.292. The van der Waals surface area contributed by atoms with Crippen molar-refractivity contribution in [2.24, 2.45) is 0 Å². The van der Waals surface area contributed by atoms with Gasteiger partial charge in [-0.3, -0.25) is 9.59 Å². The zero-order valence-electron chi connectivity index (χ0n) is 20.0. The van der Waals surface area contributed by atoms with Crippen molar-refractivity contribution in [3.05, 3.63) is 64.4 Å². The Hall–Kier alpha value is -3.57. The van der Waals surface area contributed by atoms with Crippen LogP contribution in [0.2, 0.25) is 5.02 Å². The Bertz CT molecular complexity index is 1230. The van der Waals surface area contributed by atoms with Gasteiger partial charge in [0.25, 0.3) is 0 Å². The van der Waals surface area contributed by atoms with E-state index in [0.29, 0.717) is 28.2 Å². The van der Waals surface area contributed by atoms with Crippen molar-refractivity contribution in [2.45, 2.75) is 31.6 Å². The highest BCUT2D eigenvalue weighted by Crippen LogP contribution is 2.24. The third-order valence-electron chi connectivity index (χ3n) is 5.07. The number of aromatic nitrogens is 3. The van der Waals surface area contributed by atoms with Crippen LogP contribution in [-0.4, -0.2) is 52.5 Å². The van der Waals surface area contributed by atoms with Crippen molar-refractivity contribution in [1.82, 2.24) is 20.1 Å². The summed E-state index contributed by atoms with van der Waals surface area (Å²) in [7, 11) is 2.86. The molecule has 0 spiro atoms. The Morgan fingerprint density at radius 2 is 1.81 bits per heavy atom. The molecule has 2 amide bonds. The zero-order valence-corrected chi connectivity index (χ0v) is 21.6. The van der Waals surface area contributed by atoms with E-state index in [0.717, 1.165) is 11.3 Å². The molecule has 36 heavy (non-hydrogen) atoms. The summed E-state index contributed by atoms with van der Waals surface area (Å²) in [5.41, 5.74) is 1.45. The van der Waals surface area contributed by atoms with Gasteiger partial charge in [0.1, 0.15) is 5.75 Å². The van der Waals surface area contributed by atoms with Crippen LogP contribution in [0, 0.1) is 0 Å². The first-order chi connectivity index (χ1) is 17.3. The molecular formula is C24H26ClN5O5S. The molecule has 0 unspecified atom stereocenters. The molecule has 0 saturated heterocycles. The number of nitrogens with zero attached hydrogens (tertiary/aromatic N) is 3. The van der Waals surface area contributed by atoms with Crippen LogP contribution in [0.1, 0.15) is 28.7 Å². The molecule has 1 heterocycles. The van der Waals surface area contributed by atoms with E-state index >= 15 is 0 Å². The van der Waals surface area contributed by atoms with Crippen LogP contribution in [0.15, 0.2) is 47.6 Å². The van der Waals surface area contributed by atoms with Crippen molar-refractivity contribution >= 4 is 46.8 Å². The summed E-state index contributed by atoms with van der Waals surface area (Å²) >= 11 is 7.34. The molecule has 0 aliphatic carbocycles. The molecule has 3 aromatic rings. The standard InChI is InChI=1S/C24H26ClN5O5S/c1-4-30-20(13-26-21(31)11-15-5-8-17(34-2)9-6-15)28-29-24(30)36-14-22(32)27-19-12-16(23(33)35-3)7-10-18(19)25/h5-10,12H,4,11,13-14H2,1-3H3,(H,26,31)(H,27,32). The van der Waals surface area contributed by atoms with E-state index in [1.807, 2.05) is 23.6 Å². The number of carbonyl (C=O) groups excluding carboxylic acids is 3. The number of esters is 1. The predicted molar refractivity (Wildman–Crippen MR) is 136 cm³/mol. The summed E-state index contributed by atoms with van der Waals surface area (Å²) in [5, 5.41) is 14.7. The molecule has 2 aromatic carbocycles. The number of hydrogen-bond donors (Lipinski definition) is 2. The van der Waals surface area contributed by atoms with Crippen LogP contribution < -0.4 is 15.4 Å². The zero-order chi connectivity index (χ0) is 26.1. The second kappa shape index (κ2) is 12.9. The lowest BCUT2D eigenvalue weighted by molar-refractivity contribution is -0.120. The minimum atomic E-state index is -0.531. The summed E-state index contributed by atoms with van der Waals surface area (Å²) in [6.45, 7) is 2.69. The molecule has 0 aliphatic rings. The maximum atomic E-state index is 12.5. The summed E-state index contributed by atoms with van der Waals surface area (Å²) in [4.78, 5) is 36.6. The third kappa shape index (κ3) is 7.22. The monoisotopic (exact) mass is 531 g/mol. The third-order valence-corrected chi connectivity index (χ3v) is 6.37. The van der Waals surface area contributed by atoms with E-state index < -0.39 is 5.97 Å². The summed E-state index contributed by atoms with van der Waals surface area (Å²) in [6.07, 6.45) is 0.228. The largest absolute Gasteiger partial charge is 0.497 e. The molecule has 0 radical (unpaired) electrons. The van der Waals surface area contributed by atoms with Gasteiger partial charge < -0.3 is 24.7 Å². The Kier molecular flexibility index (Phi) is 9.71. The number of amides is 2. The normalized spacial score (nSPS) is 10.6. The first-order valence-corrected chi connectivity index (χ1v) is 12.3. The van der Waals surface area contributed by atoms with Crippen LogP contribution >= 0.6 is 23.4 Å². The Labute approximate surface area is 217 Å². The Morgan fingerprint density at radius 1 is 1.06 bits per heavy atom. The minimum Gasteiger partial charge on any atom is -0.497 e. The van der Waals surface area contributed by atoms with E-state index in [1.54, 1.807) is 19.2 Å². The first-order valence-electron chi connectivity index (χ1n) is 11.0. The average Bonchev–Trinajstić information content (AvgIpc) is 3.29. The van der Waals surface area contributed by atoms with Gasteiger partial charge in [0.2, 0.25) is 11.8 Å². The van der Waals surface area contributed by atoms with Gasteiger partial charge in [-0.05, 0) is 42.8 Å². The number of methoxy groups -OCH3 is 2. The van der Waals surface area contributed by atoms with Crippen molar-refractivity contribution < 1.29 is 23.9 Å². The van der Waals surface area contributed by atoms with Crippen molar-refractivity contribution in [3.63, 3.8) is 0 Å². The van der Waals surface area contributed by atoms with Crippen LogP contribution in [0.5, 0.6) is 5.75 Å². The number of thioether (sulfide) groups is 1. The summed E-state index contributed by atoms with van der Waals surface area (Å²) in [6, 6.07) is 11.8. The highest BCUT2D eigenvalue weighted by atomic mass is 35.5. The Balaban J connectivity index is 1.54. The number of rotatable bonds is 11. The topological polar surface area (TPSA) is 124 Å². The summed E-state index contributed by atoms with van der Waals surface area (Å²) in [5.74, 6) is 0.343. The van der Waals surface area contributed by atoms with Gasteiger partial charge in [0, 0.05) is 6.54 Å². The van der Waals surface area contributed by atoms with Gasteiger partial charge in [-0.15, -0.1) is 10.2 Å². The van der Waals surface area contributed by atoms with E-state index in [2.05, 4.69) is 20.8 Å². The number of hydrogen-bond acceptors (Lipinski definition) is 8. The average molecular weight is 532 g/mol. The number of carbonyl (C=O) groups is 3. The molecule has 0 aliphatic heterocycles. The second-order valence-electron chi connectivity index (χ2n) is 7.47. The molecule has 0 fully saturated rings. The molecule has 0 bridgehead atoms. The lowest BCUT2D eigenvalue weighted by atomic mass is 10.1. The molecule has 3 rings (SSSR count). The fourth-order valence-electron chi connectivity index (χ4n) is 3.23. The molecule has 12 heteroatoms. The van der Waals surface area contributed by atoms with E-state index in [9.17, 15) is 14.4 Å². The van der Waals surface area contributed by atoms with Crippen LogP contribution in [0.3, 0.4) is 0 Å². The molecule has 2 N–H and O–H groups in total. The maximum Gasteiger partial charge on any atom is 0.337 e. The molecule has 0 atom stereocenters. The quantitative estimate of drug-likeness (QED) is 0.285. The first kappa shape index (κ1) is 27.0. The second-order valence-corrected chi connectivity index (χ2v) is 8.82. The number of benzene rings is 2. The SMILES string of the molecule is CCn1c(CNC(=O)Cc2ccc(OC)cc2)nnc1SCC(=O)Nc1cc(C(=O)OC)ccc1Cl. The molecule has 10 nitrogen and oxygen atoms in total. The number of ether oxygens (including phenoxy) is 2.